The molecule has 3 aliphatic rings. The standard InChI is InChI=1S/C16H22ClN3O2.2ClH/c17-14-8-16-15(21-11-22-16)7-12(14)10-19-3-5-20(6-4-19)13-1-2-18-9-13;;/h7-8,13,18H,1-6,9-11H2;2*1H. The molecular weight excluding hydrogens is 373 g/mol. The second-order valence-corrected chi connectivity index (χ2v) is 6.66. The minimum absolute atomic E-state index is 0. The van der Waals surface area contributed by atoms with Gasteiger partial charge in [0.25, 0.3) is 0 Å². The maximum absolute atomic E-state index is 6.38. The molecule has 1 atom stereocenters. The molecule has 3 heterocycles. The molecule has 0 saturated carbocycles. The van der Waals surface area contributed by atoms with Crippen LogP contribution in [0.4, 0.5) is 0 Å². The van der Waals surface area contributed by atoms with Crippen molar-refractivity contribution in [2.45, 2.75) is 19.0 Å². The van der Waals surface area contributed by atoms with Crippen LogP contribution in [-0.4, -0.2) is 61.9 Å². The minimum atomic E-state index is 0. The molecule has 8 heteroatoms. The number of nitrogens with one attached hydrogen (secondary N) is 1. The first-order chi connectivity index (χ1) is 10.8. The Morgan fingerprint density at radius 1 is 1.08 bits per heavy atom. The van der Waals surface area contributed by atoms with Crippen LogP contribution in [0.15, 0.2) is 12.1 Å². The Balaban J connectivity index is 0.00000104. The first-order valence-corrected chi connectivity index (χ1v) is 8.42. The van der Waals surface area contributed by atoms with E-state index in [9.17, 15) is 0 Å². The second kappa shape index (κ2) is 8.79. The lowest BCUT2D eigenvalue weighted by Gasteiger charge is -2.37. The quantitative estimate of drug-likeness (QED) is 0.849. The van der Waals surface area contributed by atoms with Gasteiger partial charge in [0, 0.05) is 56.4 Å². The van der Waals surface area contributed by atoms with E-state index in [1.807, 2.05) is 12.1 Å². The summed E-state index contributed by atoms with van der Waals surface area (Å²) in [6.45, 7) is 7.98. The van der Waals surface area contributed by atoms with Gasteiger partial charge in [-0.1, -0.05) is 11.6 Å². The highest BCUT2D eigenvalue weighted by atomic mass is 35.5. The fraction of sp³-hybridized carbons (Fsp3) is 0.625. The van der Waals surface area contributed by atoms with Gasteiger partial charge in [-0.05, 0) is 24.6 Å². The van der Waals surface area contributed by atoms with E-state index in [4.69, 9.17) is 21.1 Å². The maximum Gasteiger partial charge on any atom is 0.231 e. The van der Waals surface area contributed by atoms with E-state index in [0.717, 1.165) is 73.9 Å². The van der Waals surface area contributed by atoms with Crippen LogP contribution in [0, 0.1) is 0 Å². The van der Waals surface area contributed by atoms with Crippen LogP contribution >= 0.6 is 36.4 Å². The summed E-state index contributed by atoms with van der Waals surface area (Å²) < 4.78 is 10.8. The molecule has 3 aliphatic heterocycles. The molecule has 5 nitrogen and oxygen atoms in total. The van der Waals surface area contributed by atoms with E-state index in [-0.39, 0.29) is 24.8 Å². The van der Waals surface area contributed by atoms with E-state index in [1.54, 1.807) is 0 Å². The number of fused-ring (bicyclic) bond motifs is 1. The van der Waals surface area contributed by atoms with E-state index in [2.05, 4.69) is 15.1 Å². The highest BCUT2D eigenvalue weighted by Crippen LogP contribution is 2.37. The zero-order chi connectivity index (χ0) is 14.9. The summed E-state index contributed by atoms with van der Waals surface area (Å²) >= 11 is 6.38. The lowest BCUT2D eigenvalue weighted by atomic mass is 10.1. The summed E-state index contributed by atoms with van der Waals surface area (Å²) in [7, 11) is 0. The molecule has 136 valence electrons. The fourth-order valence-corrected chi connectivity index (χ4v) is 3.77. The summed E-state index contributed by atoms with van der Waals surface area (Å²) in [6, 6.07) is 4.63. The van der Waals surface area contributed by atoms with Crippen LogP contribution in [0.3, 0.4) is 0 Å². The van der Waals surface area contributed by atoms with E-state index < -0.39 is 0 Å². The lowest BCUT2D eigenvalue weighted by molar-refractivity contribution is 0.0981. The van der Waals surface area contributed by atoms with Gasteiger partial charge in [0.15, 0.2) is 11.5 Å². The van der Waals surface area contributed by atoms with Gasteiger partial charge in [-0.25, -0.2) is 0 Å². The van der Waals surface area contributed by atoms with Gasteiger partial charge < -0.3 is 14.8 Å². The Morgan fingerprint density at radius 3 is 2.46 bits per heavy atom. The molecule has 2 saturated heterocycles. The Bertz CT molecular complexity index is 548. The fourth-order valence-electron chi connectivity index (χ4n) is 3.56. The number of benzene rings is 1. The molecule has 0 aliphatic carbocycles. The molecule has 0 spiro atoms. The summed E-state index contributed by atoms with van der Waals surface area (Å²) in [6.07, 6.45) is 1.29. The summed E-state index contributed by atoms with van der Waals surface area (Å²) in [5.74, 6) is 1.57. The molecule has 4 rings (SSSR count). The predicted molar refractivity (Wildman–Crippen MR) is 100 cm³/mol. The van der Waals surface area contributed by atoms with Crippen molar-refractivity contribution >= 4 is 36.4 Å². The first-order valence-electron chi connectivity index (χ1n) is 8.05. The monoisotopic (exact) mass is 395 g/mol. The Morgan fingerprint density at radius 2 is 1.79 bits per heavy atom. The molecule has 1 aromatic carbocycles. The molecule has 0 bridgehead atoms. The highest BCUT2D eigenvalue weighted by molar-refractivity contribution is 6.31. The van der Waals surface area contributed by atoms with E-state index >= 15 is 0 Å². The summed E-state index contributed by atoms with van der Waals surface area (Å²) in [5.41, 5.74) is 1.13. The van der Waals surface area contributed by atoms with Crippen molar-refractivity contribution in [2.75, 3.05) is 46.1 Å². The average Bonchev–Trinajstić information content (AvgIpc) is 3.19. The van der Waals surface area contributed by atoms with Gasteiger partial charge in [-0.2, -0.15) is 0 Å². The van der Waals surface area contributed by atoms with Crippen LogP contribution in [0.5, 0.6) is 11.5 Å². The number of ether oxygens (including phenoxy) is 2. The van der Waals surface area contributed by atoms with Crippen LogP contribution < -0.4 is 14.8 Å². The van der Waals surface area contributed by atoms with Gasteiger partial charge in [0.2, 0.25) is 6.79 Å². The topological polar surface area (TPSA) is 37.0 Å². The molecule has 2 fully saturated rings. The molecular formula is C16H24Cl3N3O2. The van der Waals surface area contributed by atoms with Gasteiger partial charge >= 0.3 is 0 Å². The number of nitrogens with zero attached hydrogens (tertiary/aromatic N) is 2. The van der Waals surface area contributed by atoms with Gasteiger partial charge in [0.1, 0.15) is 0 Å². The van der Waals surface area contributed by atoms with Crippen molar-refractivity contribution in [1.82, 2.24) is 15.1 Å². The third-order valence-corrected chi connectivity index (χ3v) is 5.24. The van der Waals surface area contributed by atoms with Crippen LogP contribution in [0.1, 0.15) is 12.0 Å². The summed E-state index contributed by atoms with van der Waals surface area (Å²) in [4.78, 5) is 5.10. The van der Waals surface area contributed by atoms with Crippen molar-refractivity contribution < 1.29 is 9.47 Å². The van der Waals surface area contributed by atoms with Crippen molar-refractivity contribution in [3.63, 3.8) is 0 Å². The summed E-state index contributed by atoms with van der Waals surface area (Å²) in [5, 5.41) is 4.22. The predicted octanol–water partition coefficient (Wildman–Crippen LogP) is 2.39. The average molecular weight is 397 g/mol. The normalized spacial score (nSPS) is 23.6. The van der Waals surface area contributed by atoms with Crippen LogP contribution in [-0.2, 0) is 6.54 Å². The van der Waals surface area contributed by atoms with Crippen LogP contribution in [0.2, 0.25) is 5.02 Å². The first kappa shape index (κ1) is 19.9. The van der Waals surface area contributed by atoms with E-state index in [1.165, 1.54) is 6.42 Å². The zero-order valence-corrected chi connectivity index (χ0v) is 15.9. The molecule has 1 N–H and O–H groups in total. The maximum atomic E-state index is 6.38. The smallest absolute Gasteiger partial charge is 0.231 e. The van der Waals surface area contributed by atoms with Crippen LogP contribution in [0.25, 0.3) is 0 Å². The molecule has 0 radical (unpaired) electrons. The third-order valence-electron chi connectivity index (χ3n) is 4.89. The number of piperazine rings is 1. The number of halogens is 3. The largest absolute Gasteiger partial charge is 0.454 e. The minimum Gasteiger partial charge on any atom is -0.454 e. The highest BCUT2D eigenvalue weighted by Gasteiger charge is 2.26. The Kier molecular flexibility index (Phi) is 7.28. The van der Waals surface area contributed by atoms with Crippen molar-refractivity contribution in [1.29, 1.82) is 0 Å². The van der Waals surface area contributed by atoms with Crippen molar-refractivity contribution in [2.24, 2.45) is 0 Å². The molecule has 1 unspecified atom stereocenters. The molecule has 0 aromatic heterocycles. The van der Waals surface area contributed by atoms with Gasteiger partial charge in [-0.15, -0.1) is 24.8 Å². The second-order valence-electron chi connectivity index (χ2n) is 6.26. The van der Waals surface area contributed by atoms with E-state index in [0.29, 0.717) is 6.79 Å². The van der Waals surface area contributed by atoms with Gasteiger partial charge in [0.05, 0.1) is 0 Å². The van der Waals surface area contributed by atoms with Gasteiger partial charge in [-0.3, -0.25) is 9.80 Å². The van der Waals surface area contributed by atoms with Crippen molar-refractivity contribution in [3.8, 4) is 11.5 Å². The third kappa shape index (κ3) is 4.21. The van der Waals surface area contributed by atoms with Crippen molar-refractivity contribution in [3.05, 3.63) is 22.7 Å². The molecule has 0 amide bonds. The Hall–Kier alpha value is -0.430. The SMILES string of the molecule is Cl.Cl.Clc1cc2c(cc1CN1CCN(C3CCNC3)CC1)OCO2. The molecule has 24 heavy (non-hydrogen) atoms. The molecule has 1 aromatic rings. The number of hydrogen-bond acceptors (Lipinski definition) is 5. The Labute approximate surface area is 160 Å². The number of hydrogen-bond donors (Lipinski definition) is 1. The zero-order valence-electron chi connectivity index (χ0n) is 13.5. The lowest BCUT2D eigenvalue weighted by Crippen LogP contribution is -2.50. The number of rotatable bonds is 3.